The second-order valence-electron chi connectivity index (χ2n) is 3.00. The minimum atomic E-state index is 0.497. The van der Waals surface area contributed by atoms with E-state index in [1.54, 1.807) is 15.4 Å². The second kappa shape index (κ2) is 3.04. The third-order valence-electron chi connectivity index (χ3n) is 1.93. The summed E-state index contributed by atoms with van der Waals surface area (Å²) in [4.78, 5) is 0.735. The van der Waals surface area contributed by atoms with Gasteiger partial charge in [-0.15, -0.1) is 22.8 Å². The normalized spacial score (nSPS) is 11.3. The quantitative estimate of drug-likeness (QED) is 0.639. The van der Waals surface area contributed by atoms with E-state index < -0.39 is 0 Å². The summed E-state index contributed by atoms with van der Waals surface area (Å²) in [6.07, 6.45) is 3.67. The molecule has 0 unspecified atom stereocenters. The summed E-state index contributed by atoms with van der Waals surface area (Å²) in [6, 6.07) is 0. The zero-order valence-corrected chi connectivity index (χ0v) is 9.40. The van der Waals surface area contributed by atoms with Crippen LogP contribution in [-0.4, -0.2) is 29.6 Å². The van der Waals surface area contributed by atoms with E-state index in [1.165, 1.54) is 11.3 Å². The predicted octanol–water partition coefficient (Wildman–Crippen LogP) is 0.875. The zero-order chi connectivity index (χ0) is 10.4. The van der Waals surface area contributed by atoms with E-state index >= 15 is 0 Å². The lowest BCUT2D eigenvalue weighted by Crippen LogP contribution is -1.85. The fourth-order valence-corrected chi connectivity index (χ4v) is 2.32. The smallest absolute Gasteiger partial charge is 0.235 e. The predicted molar refractivity (Wildman–Crippen MR) is 58.1 cm³/mol. The first-order valence-electron chi connectivity index (χ1n) is 4.14. The molecule has 76 valence electrons. The highest BCUT2D eigenvalue weighted by Gasteiger charge is 2.11. The largest absolute Gasteiger partial charge is 0.275 e. The van der Waals surface area contributed by atoms with E-state index in [4.69, 9.17) is 0 Å². The van der Waals surface area contributed by atoms with Gasteiger partial charge < -0.3 is 0 Å². The van der Waals surface area contributed by atoms with Gasteiger partial charge in [0.1, 0.15) is 0 Å². The Kier molecular flexibility index (Phi) is 1.80. The molecule has 0 aromatic carbocycles. The Morgan fingerprint density at radius 1 is 1.40 bits per heavy atom. The molecule has 0 N–H and O–H groups in total. The van der Waals surface area contributed by atoms with Crippen LogP contribution < -0.4 is 0 Å². The molecule has 0 saturated heterocycles. The molecule has 0 atom stereocenters. The first-order valence-corrected chi connectivity index (χ1v) is 5.40. The molecule has 0 spiro atoms. The lowest BCUT2D eigenvalue weighted by molar-refractivity contribution is 0.768. The van der Waals surface area contributed by atoms with Gasteiger partial charge in [0.15, 0.2) is 5.01 Å². The highest BCUT2D eigenvalue weighted by molar-refractivity contribution is 7.80. The van der Waals surface area contributed by atoms with Gasteiger partial charge in [0.25, 0.3) is 0 Å². The Morgan fingerprint density at radius 2 is 2.27 bits per heavy atom. The first kappa shape index (κ1) is 8.86. The van der Waals surface area contributed by atoms with E-state index in [-0.39, 0.29) is 0 Å². The Morgan fingerprint density at radius 3 is 2.93 bits per heavy atom. The van der Waals surface area contributed by atoms with Gasteiger partial charge in [-0.3, -0.25) is 4.68 Å². The number of hydrogen-bond donors (Lipinski definition) is 1. The Labute approximate surface area is 94.0 Å². The lowest BCUT2D eigenvalue weighted by Gasteiger charge is -1.85. The minimum absolute atomic E-state index is 0.497. The summed E-state index contributed by atoms with van der Waals surface area (Å²) in [5.41, 5.74) is 0.973. The maximum absolute atomic E-state index is 4.34. The number of thiol groups is 1. The summed E-state index contributed by atoms with van der Waals surface area (Å²) < 4.78 is 3.34. The van der Waals surface area contributed by atoms with Crippen molar-refractivity contribution in [3.8, 4) is 10.6 Å². The number of hydrogen-bond acceptors (Lipinski definition) is 6. The standard InChI is InChI=1S/C7H6N6S2/c1-12-3-4(2-8-12)5-11-13-6(14)9-10-7(13)15-5/h2-3H,1H3,(H,9,14). The topological polar surface area (TPSA) is 60.9 Å². The van der Waals surface area contributed by atoms with Gasteiger partial charge >= 0.3 is 0 Å². The van der Waals surface area contributed by atoms with Crippen molar-refractivity contribution in [2.45, 2.75) is 5.16 Å². The summed E-state index contributed by atoms with van der Waals surface area (Å²) >= 11 is 5.61. The SMILES string of the molecule is Cn1cc(-c2nn3c(S)nnc3s2)cn1. The lowest BCUT2D eigenvalue weighted by atomic mass is 10.4. The van der Waals surface area contributed by atoms with Crippen molar-refractivity contribution in [2.24, 2.45) is 7.05 Å². The van der Waals surface area contributed by atoms with Crippen LogP contribution in [0.2, 0.25) is 0 Å². The molecular weight excluding hydrogens is 232 g/mol. The number of rotatable bonds is 1. The fourth-order valence-electron chi connectivity index (χ4n) is 1.25. The Balaban J connectivity index is 2.19. The van der Waals surface area contributed by atoms with Gasteiger partial charge in [0, 0.05) is 13.2 Å². The average Bonchev–Trinajstić information content (AvgIpc) is 2.84. The van der Waals surface area contributed by atoms with Crippen molar-refractivity contribution in [3.63, 3.8) is 0 Å². The molecule has 6 nitrogen and oxygen atoms in total. The minimum Gasteiger partial charge on any atom is -0.275 e. The van der Waals surface area contributed by atoms with Gasteiger partial charge in [-0.05, 0) is 0 Å². The molecule has 8 heteroatoms. The number of aromatic nitrogens is 6. The molecule has 0 amide bonds. The second-order valence-corrected chi connectivity index (χ2v) is 4.36. The van der Waals surface area contributed by atoms with Crippen molar-refractivity contribution >= 4 is 28.9 Å². The first-order chi connectivity index (χ1) is 7.24. The number of fused-ring (bicyclic) bond motifs is 1. The van der Waals surface area contributed by atoms with Gasteiger partial charge in [-0.25, -0.2) is 0 Å². The zero-order valence-electron chi connectivity index (χ0n) is 7.69. The fraction of sp³-hybridized carbons (Fsp3) is 0.143. The average molecular weight is 238 g/mol. The van der Waals surface area contributed by atoms with Crippen molar-refractivity contribution < 1.29 is 0 Å². The molecule has 3 rings (SSSR count). The van der Waals surface area contributed by atoms with Gasteiger partial charge in [0.2, 0.25) is 10.1 Å². The summed E-state index contributed by atoms with van der Waals surface area (Å²) in [7, 11) is 1.87. The van der Waals surface area contributed by atoms with Crippen molar-refractivity contribution in [1.29, 1.82) is 0 Å². The highest BCUT2D eigenvalue weighted by atomic mass is 32.1. The third-order valence-corrected chi connectivity index (χ3v) is 3.15. The van der Waals surface area contributed by atoms with Gasteiger partial charge in [-0.1, -0.05) is 11.3 Å². The molecule has 3 aromatic heterocycles. The molecule has 3 aromatic rings. The molecule has 15 heavy (non-hydrogen) atoms. The van der Waals surface area contributed by atoms with Crippen LogP contribution in [0.4, 0.5) is 0 Å². The number of nitrogens with zero attached hydrogens (tertiary/aromatic N) is 6. The molecular formula is C7H6N6S2. The van der Waals surface area contributed by atoms with Crippen LogP contribution in [0.5, 0.6) is 0 Å². The van der Waals surface area contributed by atoms with Crippen molar-refractivity contribution in [1.82, 2.24) is 29.6 Å². The van der Waals surface area contributed by atoms with Crippen LogP contribution in [0.25, 0.3) is 15.5 Å². The van der Waals surface area contributed by atoms with E-state index in [2.05, 4.69) is 33.0 Å². The van der Waals surface area contributed by atoms with Crippen LogP contribution in [-0.2, 0) is 7.05 Å². The number of aryl methyl sites for hydroxylation is 1. The van der Waals surface area contributed by atoms with Crippen LogP contribution >= 0.6 is 24.0 Å². The summed E-state index contributed by atoms with van der Waals surface area (Å²) in [5.74, 6) is 0. The van der Waals surface area contributed by atoms with E-state index in [0.717, 1.165) is 15.5 Å². The Hall–Kier alpha value is -1.41. The summed E-state index contributed by atoms with van der Waals surface area (Å²) in [6.45, 7) is 0. The Bertz CT molecular complexity index is 620. The van der Waals surface area contributed by atoms with Crippen molar-refractivity contribution in [3.05, 3.63) is 12.4 Å². The molecule has 0 fully saturated rings. The maximum Gasteiger partial charge on any atom is 0.235 e. The van der Waals surface area contributed by atoms with Crippen LogP contribution in [0.3, 0.4) is 0 Å². The van der Waals surface area contributed by atoms with Gasteiger partial charge in [0.05, 0.1) is 11.8 Å². The third kappa shape index (κ3) is 1.33. The molecule has 0 bridgehead atoms. The van der Waals surface area contributed by atoms with E-state index in [1.807, 2.05) is 13.2 Å². The van der Waals surface area contributed by atoms with Crippen LogP contribution in [0.1, 0.15) is 0 Å². The van der Waals surface area contributed by atoms with Crippen molar-refractivity contribution in [2.75, 3.05) is 0 Å². The molecule has 0 aliphatic heterocycles. The summed E-state index contributed by atoms with van der Waals surface area (Å²) in [5, 5.41) is 17.5. The molecule has 3 heterocycles. The van der Waals surface area contributed by atoms with Gasteiger partial charge in [-0.2, -0.15) is 14.7 Å². The molecule has 0 aliphatic rings. The van der Waals surface area contributed by atoms with E-state index in [0.29, 0.717) is 5.16 Å². The maximum atomic E-state index is 4.34. The van der Waals surface area contributed by atoms with Crippen LogP contribution in [0, 0.1) is 0 Å². The highest BCUT2D eigenvalue weighted by Crippen LogP contribution is 2.25. The van der Waals surface area contributed by atoms with Crippen LogP contribution in [0.15, 0.2) is 17.6 Å². The molecule has 0 aliphatic carbocycles. The molecule has 0 saturated carbocycles. The van der Waals surface area contributed by atoms with E-state index in [9.17, 15) is 0 Å². The monoisotopic (exact) mass is 238 g/mol. The molecule has 0 radical (unpaired) electrons.